The van der Waals surface area contributed by atoms with Crippen molar-refractivity contribution in [3.05, 3.63) is 41.7 Å². The molecule has 0 aliphatic rings. The van der Waals surface area contributed by atoms with Crippen LogP contribution in [-0.2, 0) is 17.5 Å². The number of methoxy groups -OCH3 is 1. The van der Waals surface area contributed by atoms with Crippen LogP contribution in [0.2, 0.25) is 0 Å². The van der Waals surface area contributed by atoms with E-state index in [0.717, 1.165) is 10.7 Å². The first-order chi connectivity index (χ1) is 9.13. The van der Waals surface area contributed by atoms with Crippen LogP contribution >= 0.6 is 11.8 Å². The summed E-state index contributed by atoms with van der Waals surface area (Å²) in [5.74, 6) is 0.203. The number of thioether (sulfide) groups is 1. The van der Waals surface area contributed by atoms with Gasteiger partial charge < -0.3 is 15.0 Å². The number of ether oxygens (including phenoxy) is 1. The maximum Gasteiger partial charge on any atom is 0.340 e. The van der Waals surface area contributed by atoms with Crippen molar-refractivity contribution in [3.63, 3.8) is 0 Å². The van der Waals surface area contributed by atoms with Crippen LogP contribution in [0.4, 0.5) is 5.69 Å². The number of rotatable bonds is 4. The largest absolute Gasteiger partial charge is 0.465 e. The minimum absolute atomic E-state index is 0.409. The minimum Gasteiger partial charge on any atom is -0.465 e. The zero-order chi connectivity index (χ0) is 13.8. The molecule has 2 N–H and O–H groups in total. The number of anilines is 1. The Morgan fingerprint density at radius 3 is 2.95 bits per heavy atom. The molecule has 0 spiro atoms. The topological polar surface area (TPSA) is 70.1 Å². The molecule has 0 unspecified atom stereocenters. The number of carbonyl (C=O) groups is 1. The van der Waals surface area contributed by atoms with Crippen molar-refractivity contribution >= 4 is 23.4 Å². The highest BCUT2D eigenvalue weighted by Crippen LogP contribution is 2.26. The van der Waals surface area contributed by atoms with Crippen LogP contribution in [0.5, 0.6) is 0 Å². The number of hydrogen-bond donors (Lipinski definition) is 1. The molecule has 0 amide bonds. The zero-order valence-electron chi connectivity index (χ0n) is 10.8. The summed E-state index contributed by atoms with van der Waals surface area (Å²) in [7, 11) is 3.28. The fraction of sp³-hybridized carbons (Fsp3) is 0.231. The van der Waals surface area contributed by atoms with E-state index in [4.69, 9.17) is 10.5 Å². The van der Waals surface area contributed by atoms with Crippen molar-refractivity contribution in [2.75, 3.05) is 12.8 Å². The lowest BCUT2D eigenvalue weighted by atomic mass is 10.1. The Balaban J connectivity index is 2.23. The van der Waals surface area contributed by atoms with Gasteiger partial charge in [-0.1, -0.05) is 23.9 Å². The summed E-state index contributed by atoms with van der Waals surface area (Å²) in [5, 5.41) is 0.887. The molecule has 1 heterocycles. The summed E-state index contributed by atoms with van der Waals surface area (Å²) in [6.45, 7) is 0. The van der Waals surface area contributed by atoms with Gasteiger partial charge in [0.15, 0.2) is 5.16 Å². The van der Waals surface area contributed by atoms with Gasteiger partial charge in [-0.3, -0.25) is 0 Å². The number of carbonyl (C=O) groups excluding carboxylic acids is 1. The molecule has 100 valence electrons. The first kappa shape index (κ1) is 13.5. The number of nitrogen functional groups attached to an aromatic ring is 1. The quantitative estimate of drug-likeness (QED) is 0.526. The molecule has 0 aliphatic carbocycles. The van der Waals surface area contributed by atoms with E-state index in [1.165, 1.54) is 7.11 Å². The summed E-state index contributed by atoms with van der Waals surface area (Å²) in [6.07, 6.45) is 3.62. The van der Waals surface area contributed by atoms with Crippen molar-refractivity contribution in [1.82, 2.24) is 9.55 Å². The van der Waals surface area contributed by atoms with E-state index in [-0.39, 0.29) is 0 Å². The van der Waals surface area contributed by atoms with Crippen LogP contribution in [0.1, 0.15) is 15.9 Å². The van der Waals surface area contributed by atoms with Gasteiger partial charge in [0.2, 0.25) is 0 Å². The van der Waals surface area contributed by atoms with Gasteiger partial charge in [0.05, 0.1) is 12.7 Å². The van der Waals surface area contributed by atoms with Gasteiger partial charge in [0, 0.05) is 30.9 Å². The molecule has 0 bridgehead atoms. The molecule has 0 saturated carbocycles. The standard InChI is InChI=1S/C13H15N3O2S/c1-16-7-6-15-13(16)19-8-9-4-3-5-10(14)11(9)12(17)18-2/h3-7H,8,14H2,1-2H3. The smallest absolute Gasteiger partial charge is 0.340 e. The number of esters is 1. The number of aryl methyl sites for hydroxylation is 1. The summed E-state index contributed by atoms with van der Waals surface area (Å²) in [5.41, 5.74) is 7.56. The van der Waals surface area contributed by atoms with Gasteiger partial charge >= 0.3 is 5.97 Å². The van der Waals surface area contributed by atoms with Crippen LogP contribution in [0, 0.1) is 0 Å². The molecule has 19 heavy (non-hydrogen) atoms. The fourth-order valence-corrected chi connectivity index (χ4v) is 2.65. The first-order valence-corrected chi connectivity index (χ1v) is 6.68. The molecule has 0 atom stereocenters. The Morgan fingerprint density at radius 1 is 1.53 bits per heavy atom. The second-order valence-corrected chi connectivity index (χ2v) is 4.92. The predicted molar refractivity (Wildman–Crippen MR) is 75.0 cm³/mol. The van der Waals surface area contributed by atoms with Crippen LogP contribution in [0.15, 0.2) is 35.7 Å². The Hall–Kier alpha value is -1.95. The van der Waals surface area contributed by atoms with E-state index in [9.17, 15) is 4.79 Å². The summed E-state index contributed by atoms with van der Waals surface area (Å²) >= 11 is 1.55. The number of benzene rings is 1. The van der Waals surface area contributed by atoms with Gasteiger partial charge in [0.25, 0.3) is 0 Å². The van der Waals surface area contributed by atoms with Gasteiger partial charge in [-0.2, -0.15) is 0 Å². The highest BCUT2D eigenvalue weighted by atomic mass is 32.2. The maximum atomic E-state index is 11.8. The monoisotopic (exact) mass is 277 g/mol. The number of nitrogens with two attached hydrogens (primary N) is 1. The molecular weight excluding hydrogens is 262 g/mol. The van der Waals surface area contributed by atoms with Crippen LogP contribution < -0.4 is 5.73 Å². The maximum absolute atomic E-state index is 11.8. The third-order valence-corrected chi connectivity index (χ3v) is 3.81. The highest BCUT2D eigenvalue weighted by Gasteiger charge is 2.15. The van der Waals surface area contributed by atoms with Gasteiger partial charge in [-0.15, -0.1) is 0 Å². The molecule has 5 nitrogen and oxygen atoms in total. The molecule has 0 saturated heterocycles. The van der Waals surface area contributed by atoms with Crippen molar-refractivity contribution in [3.8, 4) is 0 Å². The van der Waals surface area contributed by atoms with Crippen molar-refractivity contribution in [2.45, 2.75) is 10.9 Å². The van der Waals surface area contributed by atoms with Gasteiger partial charge in [0.1, 0.15) is 0 Å². The summed E-state index contributed by atoms with van der Waals surface area (Å²) < 4.78 is 6.69. The van der Waals surface area contributed by atoms with E-state index >= 15 is 0 Å². The Kier molecular flexibility index (Phi) is 4.11. The number of nitrogens with zero attached hydrogens (tertiary/aromatic N) is 2. The fourth-order valence-electron chi connectivity index (χ4n) is 1.72. The minimum atomic E-state index is -0.409. The summed E-state index contributed by atoms with van der Waals surface area (Å²) in [4.78, 5) is 16.0. The third-order valence-electron chi connectivity index (χ3n) is 2.71. The van der Waals surface area contributed by atoms with Crippen molar-refractivity contribution in [1.29, 1.82) is 0 Å². The molecule has 0 radical (unpaired) electrons. The van der Waals surface area contributed by atoms with Crippen LogP contribution in [0.25, 0.3) is 0 Å². The van der Waals surface area contributed by atoms with Crippen molar-refractivity contribution < 1.29 is 9.53 Å². The Bertz CT molecular complexity index is 595. The molecule has 2 rings (SSSR count). The SMILES string of the molecule is COC(=O)c1c(N)cccc1CSc1nccn1C. The average Bonchev–Trinajstić information content (AvgIpc) is 2.81. The van der Waals surface area contributed by atoms with Gasteiger partial charge in [-0.05, 0) is 11.6 Å². The van der Waals surface area contributed by atoms with Gasteiger partial charge in [-0.25, -0.2) is 9.78 Å². The van der Waals surface area contributed by atoms with Crippen LogP contribution in [0.3, 0.4) is 0 Å². The molecule has 0 aliphatic heterocycles. The lowest BCUT2D eigenvalue weighted by Crippen LogP contribution is -2.09. The predicted octanol–water partition coefficient (Wildman–Crippen LogP) is 2.08. The number of imidazole rings is 1. The first-order valence-electron chi connectivity index (χ1n) is 5.69. The summed E-state index contributed by atoms with van der Waals surface area (Å²) in [6, 6.07) is 5.40. The second-order valence-electron chi connectivity index (χ2n) is 3.98. The Labute approximate surface area is 115 Å². The van der Waals surface area contributed by atoms with E-state index in [1.807, 2.05) is 29.9 Å². The van der Waals surface area contributed by atoms with E-state index in [2.05, 4.69) is 4.98 Å². The molecular formula is C13H15N3O2S. The number of hydrogen-bond acceptors (Lipinski definition) is 5. The Morgan fingerprint density at radius 2 is 2.32 bits per heavy atom. The van der Waals surface area contributed by atoms with E-state index < -0.39 is 5.97 Å². The second kappa shape index (κ2) is 5.79. The van der Waals surface area contributed by atoms with E-state index in [0.29, 0.717) is 17.0 Å². The lowest BCUT2D eigenvalue weighted by Gasteiger charge is -2.10. The third kappa shape index (κ3) is 2.90. The average molecular weight is 277 g/mol. The van der Waals surface area contributed by atoms with Crippen molar-refractivity contribution in [2.24, 2.45) is 7.05 Å². The molecule has 6 heteroatoms. The zero-order valence-corrected chi connectivity index (χ0v) is 11.6. The van der Waals surface area contributed by atoms with Crippen LogP contribution in [-0.4, -0.2) is 22.6 Å². The molecule has 1 aromatic carbocycles. The molecule has 2 aromatic rings. The molecule has 0 fully saturated rings. The molecule has 1 aromatic heterocycles. The number of aromatic nitrogens is 2. The highest BCUT2D eigenvalue weighted by molar-refractivity contribution is 7.98. The normalized spacial score (nSPS) is 10.4. The lowest BCUT2D eigenvalue weighted by molar-refractivity contribution is 0.0601. The van der Waals surface area contributed by atoms with E-state index in [1.54, 1.807) is 24.0 Å².